The lowest BCUT2D eigenvalue weighted by molar-refractivity contribution is -0.782. The summed E-state index contributed by atoms with van der Waals surface area (Å²) in [5, 5.41) is 14.4. The predicted octanol–water partition coefficient (Wildman–Crippen LogP) is 0.664. The molecule has 0 bridgehead atoms. The van der Waals surface area contributed by atoms with Gasteiger partial charge in [-0.15, -0.1) is 0 Å². The first-order valence-electron chi connectivity index (χ1n) is 3.69. The zero-order chi connectivity index (χ0) is 9.42. The summed E-state index contributed by atoms with van der Waals surface area (Å²) in [5.41, 5.74) is 0.980. The molecule has 0 fully saturated rings. The fraction of sp³-hybridized carbons (Fsp3) is 0.125. The van der Waals surface area contributed by atoms with Crippen LogP contribution >= 0.6 is 0 Å². The van der Waals surface area contributed by atoms with Gasteiger partial charge in [-0.2, -0.15) is 0 Å². The fourth-order valence-corrected chi connectivity index (χ4v) is 1.18. The van der Waals surface area contributed by atoms with Gasteiger partial charge in [0.2, 0.25) is 5.52 Å². The summed E-state index contributed by atoms with van der Waals surface area (Å²) in [6.07, 6.45) is 0. The predicted molar refractivity (Wildman–Crippen MR) is 43.0 cm³/mol. The third-order valence-electron chi connectivity index (χ3n) is 1.80. The summed E-state index contributed by atoms with van der Waals surface area (Å²) < 4.78 is 4.36. The molecule has 0 saturated carbocycles. The Balaban J connectivity index is 2.84. The largest absolute Gasteiger partial charge is 0.359 e. The van der Waals surface area contributed by atoms with Gasteiger partial charge in [0.15, 0.2) is 5.78 Å². The van der Waals surface area contributed by atoms with Crippen LogP contribution < -0.4 is 4.90 Å². The lowest BCUT2D eigenvalue weighted by Crippen LogP contribution is -2.22. The lowest BCUT2D eigenvalue weighted by atomic mass is 10.1. The maximum Gasteiger partial charge on any atom is 0.259 e. The molecular formula is C8H6N2O3. The summed E-state index contributed by atoms with van der Waals surface area (Å²) >= 11 is 0. The van der Waals surface area contributed by atoms with Crippen molar-refractivity contribution in [3.8, 4) is 0 Å². The van der Waals surface area contributed by atoms with Gasteiger partial charge in [0, 0.05) is 5.16 Å². The third kappa shape index (κ3) is 1.05. The number of Topliss-reactive ketones (excluding diaryl/α,β-unsaturated/α-hetero) is 1. The molecule has 0 amide bonds. The van der Waals surface area contributed by atoms with Crippen molar-refractivity contribution in [2.24, 2.45) is 0 Å². The Kier molecular flexibility index (Phi) is 1.51. The topological polar surface area (TPSA) is 70.0 Å². The number of carbonyl (C=O) groups is 1. The molecule has 2 aromatic rings. The second-order valence-electron chi connectivity index (χ2n) is 2.66. The Morgan fingerprint density at radius 1 is 1.62 bits per heavy atom. The van der Waals surface area contributed by atoms with Crippen LogP contribution in [0.2, 0.25) is 0 Å². The average molecular weight is 178 g/mol. The monoisotopic (exact) mass is 178 g/mol. The van der Waals surface area contributed by atoms with Gasteiger partial charge in [0.25, 0.3) is 5.52 Å². The van der Waals surface area contributed by atoms with Crippen LogP contribution in [0.4, 0.5) is 0 Å². The molecule has 0 N–H and O–H groups in total. The van der Waals surface area contributed by atoms with Gasteiger partial charge < -0.3 is 5.21 Å². The molecule has 5 nitrogen and oxygen atoms in total. The van der Waals surface area contributed by atoms with Crippen LogP contribution in [0.25, 0.3) is 11.0 Å². The van der Waals surface area contributed by atoms with E-state index < -0.39 is 0 Å². The van der Waals surface area contributed by atoms with Crippen molar-refractivity contribution in [2.75, 3.05) is 0 Å². The molecule has 0 atom stereocenters. The average Bonchev–Trinajstić information content (AvgIpc) is 2.48. The molecule has 1 heterocycles. The Hall–Kier alpha value is -1.91. The molecule has 0 aliphatic rings. The second kappa shape index (κ2) is 2.55. The Bertz CT molecular complexity index is 475. The zero-order valence-corrected chi connectivity index (χ0v) is 6.85. The van der Waals surface area contributed by atoms with Gasteiger partial charge in [-0.05, 0) is 24.0 Å². The molecule has 0 saturated heterocycles. The van der Waals surface area contributed by atoms with E-state index in [9.17, 15) is 10.0 Å². The van der Waals surface area contributed by atoms with E-state index in [-0.39, 0.29) is 16.2 Å². The highest BCUT2D eigenvalue weighted by molar-refractivity contribution is 6.03. The minimum absolute atomic E-state index is 0.139. The highest BCUT2D eigenvalue weighted by atomic mass is 16.8. The maximum atomic E-state index is 11.1. The molecule has 13 heavy (non-hydrogen) atoms. The van der Waals surface area contributed by atoms with Gasteiger partial charge in [-0.3, -0.25) is 9.42 Å². The molecular weight excluding hydrogens is 172 g/mol. The number of aromatic nitrogens is 2. The summed E-state index contributed by atoms with van der Waals surface area (Å²) in [4.78, 5) is 11.4. The van der Waals surface area contributed by atoms with Crippen molar-refractivity contribution < 1.29 is 14.3 Å². The van der Waals surface area contributed by atoms with Crippen molar-refractivity contribution in [3.63, 3.8) is 0 Å². The maximum absolute atomic E-state index is 11.1. The van der Waals surface area contributed by atoms with E-state index in [1.54, 1.807) is 18.2 Å². The second-order valence-corrected chi connectivity index (χ2v) is 2.66. The molecule has 66 valence electrons. The quantitative estimate of drug-likeness (QED) is 0.475. The van der Waals surface area contributed by atoms with E-state index in [1.807, 2.05) is 0 Å². The van der Waals surface area contributed by atoms with E-state index in [0.29, 0.717) is 11.1 Å². The first-order valence-corrected chi connectivity index (χ1v) is 3.69. The van der Waals surface area contributed by atoms with Crippen molar-refractivity contribution >= 4 is 16.8 Å². The van der Waals surface area contributed by atoms with E-state index in [1.165, 1.54) is 6.92 Å². The smallest absolute Gasteiger partial charge is 0.259 e. The van der Waals surface area contributed by atoms with E-state index in [0.717, 1.165) is 0 Å². The minimum atomic E-state index is -0.139. The van der Waals surface area contributed by atoms with Gasteiger partial charge in [0.05, 0.1) is 5.56 Å². The molecule has 0 aliphatic carbocycles. The summed E-state index contributed by atoms with van der Waals surface area (Å²) in [7, 11) is 0. The summed E-state index contributed by atoms with van der Waals surface area (Å²) in [6.45, 7) is 1.42. The zero-order valence-electron chi connectivity index (χ0n) is 6.85. The van der Waals surface area contributed by atoms with Crippen LogP contribution in [0.3, 0.4) is 0 Å². The van der Waals surface area contributed by atoms with Gasteiger partial charge in [-0.25, -0.2) is 0 Å². The molecule has 0 radical (unpaired) electrons. The lowest BCUT2D eigenvalue weighted by Gasteiger charge is -1.90. The first kappa shape index (κ1) is 7.72. The van der Waals surface area contributed by atoms with Gasteiger partial charge in [0.1, 0.15) is 0 Å². The van der Waals surface area contributed by atoms with Crippen LogP contribution in [-0.2, 0) is 0 Å². The van der Waals surface area contributed by atoms with Crippen LogP contribution in [-0.4, -0.2) is 10.9 Å². The number of hydrogen-bond donors (Lipinski definition) is 0. The van der Waals surface area contributed by atoms with E-state index in [2.05, 4.69) is 9.79 Å². The molecule has 5 heteroatoms. The van der Waals surface area contributed by atoms with Crippen molar-refractivity contribution in [3.05, 3.63) is 29.0 Å². The molecule has 1 aromatic carbocycles. The number of benzene rings is 1. The van der Waals surface area contributed by atoms with Crippen LogP contribution in [0.15, 0.2) is 22.8 Å². The number of carbonyl (C=O) groups excluding carboxylic acids is 1. The van der Waals surface area contributed by atoms with Crippen LogP contribution in [0, 0.1) is 5.21 Å². The highest BCUT2D eigenvalue weighted by Crippen LogP contribution is 2.13. The number of rotatable bonds is 1. The molecule has 0 unspecified atom stereocenters. The Morgan fingerprint density at radius 3 is 3.08 bits per heavy atom. The number of ketones is 1. The number of fused-ring (bicyclic) bond motifs is 1. The van der Waals surface area contributed by atoms with E-state index in [4.69, 9.17) is 0 Å². The standard InChI is InChI=1S/C8H6N2O3/c1-5(11)6-3-2-4-7-8(6)9-13-10(7)12/h2-4H,1H3. The van der Waals surface area contributed by atoms with Gasteiger partial charge in [-0.1, -0.05) is 6.07 Å². The summed E-state index contributed by atoms with van der Waals surface area (Å²) in [6, 6.07) is 4.77. The van der Waals surface area contributed by atoms with E-state index >= 15 is 0 Å². The van der Waals surface area contributed by atoms with Crippen LogP contribution in [0.5, 0.6) is 0 Å². The molecule has 1 aromatic heterocycles. The summed E-state index contributed by atoms with van der Waals surface area (Å²) in [5.74, 6) is -0.139. The third-order valence-corrected chi connectivity index (χ3v) is 1.80. The molecule has 2 rings (SSSR count). The molecule has 0 aliphatic heterocycles. The molecule has 0 spiro atoms. The number of hydrogen-bond acceptors (Lipinski definition) is 4. The Morgan fingerprint density at radius 2 is 2.38 bits per heavy atom. The first-order chi connectivity index (χ1) is 6.20. The van der Waals surface area contributed by atoms with Gasteiger partial charge >= 0.3 is 0 Å². The van der Waals surface area contributed by atoms with Crippen molar-refractivity contribution in [1.29, 1.82) is 0 Å². The minimum Gasteiger partial charge on any atom is -0.359 e. The number of nitrogens with zero attached hydrogens (tertiary/aromatic N) is 2. The van der Waals surface area contributed by atoms with Crippen LogP contribution in [0.1, 0.15) is 17.3 Å². The van der Waals surface area contributed by atoms with Crippen molar-refractivity contribution in [1.82, 2.24) is 5.16 Å². The normalized spacial score (nSPS) is 10.5. The fourth-order valence-electron chi connectivity index (χ4n) is 1.18. The SMILES string of the molecule is CC(=O)c1cccc2c1no[n+]2[O-]. The Labute approximate surface area is 73.1 Å². The highest BCUT2D eigenvalue weighted by Gasteiger charge is 2.15. The van der Waals surface area contributed by atoms with Crippen molar-refractivity contribution in [2.45, 2.75) is 6.92 Å².